The molecule has 0 bridgehead atoms. The van der Waals surface area contributed by atoms with Gasteiger partial charge in [-0.2, -0.15) is 8.42 Å². The number of hydrogen-bond acceptors (Lipinski definition) is 6. The molecule has 34 heavy (non-hydrogen) atoms. The number of benzene rings is 2. The second-order valence-corrected chi connectivity index (χ2v) is 9.73. The predicted molar refractivity (Wildman–Crippen MR) is 127 cm³/mol. The van der Waals surface area contributed by atoms with Crippen LogP contribution in [0, 0.1) is 5.92 Å². The van der Waals surface area contributed by atoms with E-state index < -0.39 is 15.9 Å². The number of rotatable bonds is 6. The summed E-state index contributed by atoms with van der Waals surface area (Å²) in [5.41, 5.74) is 1.86. The molecular weight excluding hydrogens is 452 g/mol. The molecule has 2 atom stereocenters. The molecule has 0 radical (unpaired) electrons. The molecule has 2 heterocycles. The van der Waals surface area contributed by atoms with Gasteiger partial charge in [-0.05, 0) is 65.8 Å². The monoisotopic (exact) mass is 472 g/mol. The summed E-state index contributed by atoms with van der Waals surface area (Å²) in [7, 11) is -4.05. The Hall–Kier alpha value is -4.11. The van der Waals surface area contributed by atoms with Crippen LogP contribution in [0.4, 0.5) is 5.69 Å². The summed E-state index contributed by atoms with van der Waals surface area (Å²) >= 11 is 0. The van der Waals surface area contributed by atoms with Gasteiger partial charge in [-0.1, -0.05) is 24.3 Å². The molecule has 0 spiro atoms. The van der Waals surface area contributed by atoms with Gasteiger partial charge in [0, 0.05) is 41.1 Å². The third kappa shape index (κ3) is 4.51. The van der Waals surface area contributed by atoms with Crippen LogP contribution >= 0.6 is 0 Å². The third-order valence-corrected chi connectivity index (χ3v) is 7.02. The normalized spacial score (nSPS) is 17.2. The van der Waals surface area contributed by atoms with Crippen LogP contribution in [0.25, 0.3) is 10.8 Å². The highest BCUT2D eigenvalue weighted by atomic mass is 32.2. The number of nitrogens with zero attached hydrogens (tertiary/aromatic N) is 2. The number of carbonyl (C=O) groups is 2. The van der Waals surface area contributed by atoms with Crippen molar-refractivity contribution in [2.45, 2.75) is 17.4 Å². The predicted octanol–water partition coefficient (Wildman–Crippen LogP) is 3.49. The smallest absolute Gasteiger partial charge is 0.281 e. The first-order valence-corrected chi connectivity index (χ1v) is 12.1. The van der Waals surface area contributed by atoms with Crippen LogP contribution < -0.4 is 10.0 Å². The van der Waals surface area contributed by atoms with Crippen molar-refractivity contribution in [3.05, 3.63) is 96.4 Å². The van der Waals surface area contributed by atoms with E-state index in [4.69, 9.17) is 0 Å². The molecule has 1 aliphatic carbocycles. The van der Waals surface area contributed by atoms with Gasteiger partial charge in [-0.3, -0.25) is 14.6 Å². The zero-order chi connectivity index (χ0) is 23.7. The maximum absolute atomic E-state index is 12.7. The number of carbonyl (C=O) groups excluding carboxylic acids is 2. The Balaban J connectivity index is 1.21. The van der Waals surface area contributed by atoms with Crippen LogP contribution in [0.3, 0.4) is 0 Å². The van der Waals surface area contributed by atoms with Crippen molar-refractivity contribution in [1.82, 2.24) is 14.7 Å². The molecule has 4 aromatic rings. The quantitative estimate of drug-likeness (QED) is 0.444. The summed E-state index contributed by atoms with van der Waals surface area (Å²) in [5.74, 6) is -0.896. The molecule has 2 aromatic carbocycles. The first-order chi connectivity index (χ1) is 16.4. The van der Waals surface area contributed by atoms with Gasteiger partial charge in [-0.15, -0.1) is 0 Å². The average Bonchev–Trinajstić information content (AvgIpc) is 3.66. The van der Waals surface area contributed by atoms with Crippen LogP contribution in [0.15, 0.2) is 90.3 Å². The molecule has 5 rings (SSSR count). The van der Waals surface area contributed by atoms with Crippen molar-refractivity contribution in [2.24, 2.45) is 5.92 Å². The molecule has 9 heteroatoms. The van der Waals surface area contributed by atoms with E-state index in [0.717, 1.165) is 22.0 Å². The fraction of sp³-hybridized carbons (Fsp3) is 0.120. The number of fused-ring (bicyclic) bond motifs is 1. The topological polar surface area (TPSA) is 118 Å². The standard InChI is InChI=1S/C25H20N4O4S/c30-24(29-34(32,33)23-3-1-2-11-27-23)17-6-4-16(5-7-17)21-14-22(21)25(31)28-20-9-8-19-15-26-12-10-18(19)13-20/h1-13,15,21-22H,14H2,(H,28,31)(H,29,30)/t21-,22+/m0/s1. The summed E-state index contributed by atoms with van der Waals surface area (Å²) < 4.78 is 26.6. The van der Waals surface area contributed by atoms with Gasteiger partial charge in [0.05, 0.1) is 0 Å². The molecule has 1 fully saturated rings. The summed E-state index contributed by atoms with van der Waals surface area (Å²) in [6.07, 6.45) is 5.54. The number of sulfonamides is 1. The van der Waals surface area contributed by atoms with Crippen LogP contribution in [-0.4, -0.2) is 30.2 Å². The van der Waals surface area contributed by atoms with Crippen molar-refractivity contribution in [2.75, 3.05) is 5.32 Å². The molecule has 0 unspecified atom stereocenters. The van der Waals surface area contributed by atoms with Gasteiger partial charge in [0.1, 0.15) is 0 Å². The Morgan fingerprint density at radius 3 is 2.50 bits per heavy atom. The van der Waals surface area contributed by atoms with E-state index in [1.807, 2.05) is 29.0 Å². The Bertz CT molecular complexity index is 1490. The van der Waals surface area contributed by atoms with Crippen molar-refractivity contribution < 1.29 is 18.0 Å². The van der Waals surface area contributed by atoms with Crippen LogP contribution in [0.1, 0.15) is 28.3 Å². The fourth-order valence-electron chi connectivity index (χ4n) is 3.87. The fourth-order valence-corrected chi connectivity index (χ4v) is 4.79. The first-order valence-electron chi connectivity index (χ1n) is 10.6. The Morgan fingerprint density at radius 1 is 0.912 bits per heavy atom. The molecule has 0 saturated heterocycles. The number of aromatic nitrogens is 2. The number of nitrogens with one attached hydrogen (secondary N) is 2. The van der Waals surface area contributed by atoms with Crippen LogP contribution in [0.2, 0.25) is 0 Å². The summed E-state index contributed by atoms with van der Waals surface area (Å²) in [5, 5.41) is 4.74. The molecule has 2 amide bonds. The van der Waals surface area contributed by atoms with E-state index in [1.54, 1.807) is 42.7 Å². The van der Waals surface area contributed by atoms with Gasteiger partial charge in [0.25, 0.3) is 15.9 Å². The second kappa shape index (κ2) is 8.68. The highest BCUT2D eigenvalue weighted by Gasteiger charge is 2.44. The van der Waals surface area contributed by atoms with Gasteiger partial charge < -0.3 is 5.32 Å². The van der Waals surface area contributed by atoms with Crippen LogP contribution in [-0.2, 0) is 14.8 Å². The molecule has 1 saturated carbocycles. The molecule has 8 nitrogen and oxygen atoms in total. The van der Waals surface area contributed by atoms with Gasteiger partial charge >= 0.3 is 0 Å². The van der Waals surface area contributed by atoms with Crippen molar-refractivity contribution in [3.63, 3.8) is 0 Å². The van der Waals surface area contributed by atoms with Crippen LogP contribution in [0.5, 0.6) is 0 Å². The Labute approximate surface area is 196 Å². The van der Waals surface area contributed by atoms with Crippen molar-refractivity contribution in [3.8, 4) is 0 Å². The lowest BCUT2D eigenvalue weighted by molar-refractivity contribution is -0.117. The largest absolute Gasteiger partial charge is 0.326 e. The third-order valence-electron chi connectivity index (χ3n) is 5.78. The summed E-state index contributed by atoms with van der Waals surface area (Å²) in [6.45, 7) is 0. The van der Waals surface area contributed by atoms with Gasteiger partial charge in [-0.25, -0.2) is 9.71 Å². The van der Waals surface area contributed by atoms with E-state index in [2.05, 4.69) is 15.3 Å². The number of anilines is 1. The highest BCUT2D eigenvalue weighted by Crippen LogP contribution is 2.48. The van der Waals surface area contributed by atoms with Crippen molar-refractivity contribution >= 4 is 38.3 Å². The molecule has 1 aliphatic rings. The number of pyridine rings is 2. The molecule has 170 valence electrons. The van der Waals surface area contributed by atoms with E-state index in [0.29, 0.717) is 6.42 Å². The minimum absolute atomic E-state index is 0.0540. The number of amides is 2. The summed E-state index contributed by atoms with van der Waals surface area (Å²) in [6, 6.07) is 18.6. The molecule has 0 aliphatic heterocycles. The van der Waals surface area contributed by atoms with E-state index in [-0.39, 0.29) is 28.3 Å². The number of hydrogen-bond donors (Lipinski definition) is 2. The zero-order valence-electron chi connectivity index (χ0n) is 17.9. The van der Waals surface area contributed by atoms with Crippen molar-refractivity contribution in [1.29, 1.82) is 0 Å². The van der Waals surface area contributed by atoms with Gasteiger partial charge in [0.2, 0.25) is 5.91 Å². The minimum atomic E-state index is -4.05. The Morgan fingerprint density at radius 2 is 1.74 bits per heavy atom. The molecular formula is C25H20N4O4S. The van der Waals surface area contributed by atoms with E-state index >= 15 is 0 Å². The SMILES string of the molecule is O=C(NS(=O)(=O)c1ccccn1)c1ccc([C@@H]2C[C@H]2C(=O)Nc2ccc3cnccc3c2)cc1. The maximum Gasteiger partial charge on any atom is 0.281 e. The highest BCUT2D eigenvalue weighted by molar-refractivity contribution is 7.90. The lowest BCUT2D eigenvalue weighted by atomic mass is 10.1. The lowest BCUT2D eigenvalue weighted by Gasteiger charge is -2.08. The molecule has 2 aromatic heterocycles. The zero-order valence-corrected chi connectivity index (χ0v) is 18.7. The van der Waals surface area contributed by atoms with Gasteiger partial charge in [0.15, 0.2) is 5.03 Å². The maximum atomic E-state index is 12.7. The van der Waals surface area contributed by atoms with E-state index in [9.17, 15) is 18.0 Å². The lowest BCUT2D eigenvalue weighted by Crippen LogP contribution is -2.31. The minimum Gasteiger partial charge on any atom is -0.326 e. The first kappa shape index (κ1) is 21.7. The Kier molecular flexibility index (Phi) is 5.54. The average molecular weight is 473 g/mol. The van der Waals surface area contributed by atoms with E-state index in [1.165, 1.54) is 18.3 Å². The second-order valence-electron chi connectivity index (χ2n) is 8.10. The molecule has 2 N–H and O–H groups in total. The summed E-state index contributed by atoms with van der Waals surface area (Å²) in [4.78, 5) is 33.0.